The van der Waals surface area contributed by atoms with Crippen molar-refractivity contribution in [3.05, 3.63) is 90.5 Å². The lowest BCUT2D eigenvalue weighted by molar-refractivity contribution is 0.818. The first kappa shape index (κ1) is 20.9. The summed E-state index contributed by atoms with van der Waals surface area (Å²) in [7, 11) is 0. The van der Waals surface area contributed by atoms with Gasteiger partial charge in [0.15, 0.2) is 5.16 Å². The molecular formula is C23H17ClN4O2S2. The van der Waals surface area contributed by atoms with Crippen molar-refractivity contribution in [3.8, 4) is 5.69 Å². The Kier molecular flexibility index (Phi) is 5.36. The number of H-pyrrole nitrogens is 1. The Hall–Kier alpha value is -2.94. The second-order valence-corrected chi connectivity index (χ2v) is 9.82. The molecule has 0 atom stereocenters. The van der Waals surface area contributed by atoms with E-state index in [1.165, 1.54) is 27.7 Å². The fourth-order valence-corrected chi connectivity index (χ4v) is 5.70. The van der Waals surface area contributed by atoms with Crippen LogP contribution in [0.25, 0.3) is 26.8 Å². The van der Waals surface area contributed by atoms with Crippen LogP contribution in [0.5, 0.6) is 0 Å². The first-order chi connectivity index (χ1) is 15.4. The molecule has 5 aromatic rings. The van der Waals surface area contributed by atoms with Crippen molar-refractivity contribution < 1.29 is 0 Å². The minimum atomic E-state index is -0.201. The molecule has 32 heavy (non-hydrogen) atoms. The van der Waals surface area contributed by atoms with Gasteiger partial charge in [0.2, 0.25) is 0 Å². The molecule has 1 N–H and O–H groups in total. The number of hydrogen-bond acceptors (Lipinski definition) is 6. The van der Waals surface area contributed by atoms with Crippen molar-refractivity contribution >= 4 is 55.8 Å². The first-order valence-corrected chi connectivity index (χ1v) is 12.0. The number of aromatic nitrogens is 4. The molecule has 0 amide bonds. The second kappa shape index (κ2) is 8.20. The summed E-state index contributed by atoms with van der Waals surface area (Å²) in [6.07, 6.45) is 0. The maximum Gasteiger partial charge on any atom is 0.266 e. The average Bonchev–Trinajstić information content (AvgIpc) is 3.07. The lowest BCUT2D eigenvalue weighted by atomic mass is 10.2. The molecule has 0 aliphatic heterocycles. The quantitative estimate of drug-likeness (QED) is 0.281. The Morgan fingerprint density at radius 3 is 2.62 bits per heavy atom. The molecule has 160 valence electrons. The number of benzene rings is 2. The summed E-state index contributed by atoms with van der Waals surface area (Å²) in [5.74, 6) is 0.873. The summed E-state index contributed by atoms with van der Waals surface area (Å²) >= 11 is 9.25. The minimum Gasteiger partial charge on any atom is -0.309 e. The van der Waals surface area contributed by atoms with E-state index in [1.807, 2.05) is 38.1 Å². The van der Waals surface area contributed by atoms with Gasteiger partial charge < -0.3 is 4.98 Å². The van der Waals surface area contributed by atoms with Gasteiger partial charge in [-0.15, -0.1) is 11.3 Å². The SMILES string of the molecule is Cc1sc2nc(CSc3nc4ccccc4c(=O)n3-c3ccccc3Cl)[nH]c(=O)c2c1C. The number of rotatable bonds is 4. The van der Waals surface area contributed by atoms with Gasteiger partial charge in [-0.3, -0.25) is 14.2 Å². The molecule has 5 rings (SSSR count). The van der Waals surface area contributed by atoms with Gasteiger partial charge in [-0.25, -0.2) is 9.97 Å². The van der Waals surface area contributed by atoms with Gasteiger partial charge in [0.25, 0.3) is 11.1 Å². The Morgan fingerprint density at radius 1 is 1.06 bits per heavy atom. The molecule has 9 heteroatoms. The molecular weight excluding hydrogens is 464 g/mol. The third-order valence-electron chi connectivity index (χ3n) is 5.26. The van der Waals surface area contributed by atoms with Crippen LogP contribution in [0, 0.1) is 13.8 Å². The number of aromatic amines is 1. The van der Waals surface area contributed by atoms with Gasteiger partial charge in [-0.05, 0) is 43.7 Å². The average molecular weight is 481 g/mol. The van der Waals surface area contributed by atoms with Crippen LogP contribution in [0.2, 0.25) is 5.02 Å². The third kappa shape index (κ3) is 3.54. The van der Waals surface area contributed by atoms with Gasteiger partial charge in [0, 0.05) is 4.88 Å². The predicted octanol–water partition coefficient (Wildman–Crippen LogP) is 5.25. The molecule has 0 saturated heterocycles. The van der Waals surface area contributed by atoms with Crippen LogP contribution in [0.3, 0.4) is 0 Å². The summed E-state index contributed by atoms with van der Waals surface area (Å²) in [6, 6.07) is 14.4. The van der Waals surface area contributed by atoms with Gasteiger partial charge in [-0.1, -0.05) is 47.6 Å². The van der Waals surface area contributed by atoms with Crippen molar-refractivity contribution in [2.24, 2.45) is 0 Å². The molecule has 3 heterocycles. The number of halogens is 1. The number of nitrogens with one attached hydrogen (secondary N) is 1. The highest BCUT2D eigenvalue weighted by Gasteiger charge is 2.17. The Bertz CT molecular complexity index is 1620. The lowest BCUT2D eigenvalue weighted by Crippen LogP contribution is -2.22. The zero-order valence-corrected chi connectivity index (χ0v) is 19.6. The molecule has 0 bridgehead atoms. The maximum atomic E-state index is 13.4. The van der Waals surface area contributed by atoms with Gasteiger partial charge in [0.1, 0.15) is 10.7 Å². The van der Waals surface area contributed by atoms with E-state index in [9.17, 15) is 9.59 Å². The Morgan fingerprint density at radius 2 is 1.81 bits per heavy atom. The van der Waals surface area contributed by atoms with Crippen LogP contribution in [0.1, 0.15) is 16.3 Å². The smallest absolute Gasteiger partial charge is 0.266 e. The van der Waals surface area contributed by atoms with E-state index in [-0.39, 0.29) is 11.1 Å². The van der Waals surface area contributed by atoms with E-state index in [2.05, 4.69) is 9.97 Å². The van der Waals surface area contributed by atoms with Crippen LogP contribution in [0.15, 0.2) is 63.3 Å². The number of nitrogens with zero attached hydrogens (tertiary/aromatic N) is 3. The molecule has 2 aromatic carbocycles. The van der Waals surface area contributed by atoms with Gasteiger partial charge in [0.05, 0.1) is 32.8 Å². The number of hydrogen-bond donors (Lipinski definition) is 1. The standard InChI is InChI=1S/C23H17ClN4O2S2/c1-12-13(2)32-21-19(12)20(29)26-18(27-21)11-31-23-25-16-9-5-3-7-14(16)22(30)28(23)17-10-6-4-8-15(17)24/h3-10H,11H2,1-2H3,(H,26,27,29). The predicted molar refractivity (Wildman–Crippen MR) is 132 cm³/mol. The Labute approximate surface area is 195 Å². The van der Waals surface area contributed by atoms with Gasteiger partial charge >= 0.3 is 0 Å². The number of aryl methyl sites for hydroxylation is 2. The maximum absolute atomic E-state index is 13.4. The molecule has 0 fully saturated rings. The number of fused-ring (bicyclic) bond motifs is 2. The highest BCUT2D eigenvalue weighted by molar-refractivity contribution is 7.98. The largest absolute Gasteiger partial charge is 0.309 e. The summed E-state index contributed by atoms with van der Waals surface area (Å²) in [4.78, 5) is 40.0. The normalized spacial score (nSPS) is 11.5. The molecule has 0 unspecified atom stereocenters. The summed E-state index contributed by atoms with van der Waals surface area (Å²) in [6.45, 7) is 3.91. The topological polar surface area (TPSA) is 80.6 Å². The van der Waals surface area contributed by atoms with Crippen molar-refractivity contribution in [1.82, 2.24) is 19.5 Å². The second-order valence-electron chi connectivity index (χ2n) is 7.27. The molecule has 3 aromatic heterocycles. The van der Waals surface area contributed by atoms with Gasteiger partial charge in [-0.2, -0.15) is 0 Å². The van der Waals surface area contributed by atoms with E-state index >= 15 is 0 Å². The summed E-state index contributed by atoms with van der Waals surface area (Å²) in [5.41, 5.74) is 1.77. The highest BCUT2D eigenvalue weighted by atomic mass is 35.5. The summed E-state index contributed by atoms with van der Waals surface area (Å²) < 4.78 is 1.52. The van der Waals surface area contributed by atoms with E-state index < -0.39 is 0 Å². The van der Waals surface area contributed by atoms with Crippen molar-refractivity contribution in [2.45, 2.75) is 24.8 Å². The molecule has 0 aliphatic rings. The van der Waals surface area contributed by atoms with Crippen LogP contribution in [-0.4, -0.2) is 19.5 Å². The minimum absolute atomic E-state index is 0.151. The zero-order chi connectivity index (χ0) is 22.4. The summed E-state index contributed by atoms with van der Waals surface area (Å²) in [5, 5.41) is 2.07. The fraction of sp³-hybridized carbons (Fsp3) is 0.130. The number of thioether (sulfide) groups is 1. The monoisotopic (exact) mass is 480 g/mol. The van der Waals surface area contributed by atoms with Crippen molar-refractivity contribution in [3.63, 3.8) is 0 Å². The molecule has 6 nitrogen and oxygen atoms in total. The van der Waals surface area contributed by atoms with E-state index in [0.29, 0.717) is 48.6 Å². The van der Waals surface area contributed by atoms with Crippen LogP contribution < -0.4 is 11.1 Å². The van der Waals surface area contributed by atoms with E-state index in [0.717, 1.165) is 10.4 Å². The van der Waals surface area contributed by atoms with Crippen molar-refractivity contribution in [2.75, 3.05) is 0 Å². The highest BCUT2D eigenvalue weighted by Crippen LogP contribution is 2.29. The van der Waals surface area contributed by atoms with Crippen LogP contribution >= 0.6 is 34.7 Å². The fourth-order valence-electron chi connectivity index (χ4n) is 3.56. The Balaban J connectivity index is 1.62. The van der Waals surface area contributed by atoms with E-state index in [1.54, 1.807) is 24.3 Å². The first-order valence-electron chi connectivity index (χ1n) is 9.82. The van der Waals surface area contributed by atoms with Crippen molar-refractivity contribution in [1.29, 1.82) is 0 Å². The van der Waals surface area contributed by atoms with E-state index in [4.69, 9.17) is 16.6 Å². The number of para-hydroxylation sites is 2. The third-order valence-corrected chi connectivity index (χ3v) is 7.63. The number of thiophene rings is 1. The van der Waals surface area contributed by atoms with Crippen LogP contribution in [-0.2, 0) is 5.75 Å². The lowest BCUT2D eigenvalue weighted by Gasteiger charge is -2.14. The molecule has 0 aliphatic carbocycles. The molecule has 0 saturated carbocycles. The van der Waals surface area contributed by atoms with Crippen LogP contribution in [0.4, 0.5) is 0 Å². The zero-order valence-electron chi connectivity index (χ0n) is 17.2. The molecule has 0 radical (unpaired) electrons. The molecule has 0 spiro atoms.